The van der Waals surface area contributed by atoms with Crippen LogP contribution in [0.4, 0.5) is 11.4 Å². The second-order valence-corrected chi connectivity index (χ2v) is 11.4. The lowest BCUT2D eigenvalue weighted by Gasteiger charge is -2.30. The van der Waals surface area contributed by atoms with Gasteiger partial charge < -0.3 is 29.6 Å². The summed E-state index contributed by atoms with van der Waals surface area (Å²) in [6.07, 6.45) is 6.83. The minimum atomic E-state index is -1.92. The number of methoxy groups -OCH3 is 1. The fourth-order valence-corrected chi connectivity index (χ4v) is 5.90. The number of piperidine rings is 1. The summed E-state index contributed by atoms with van der Waals surface area (Å²) in [5.41, 5.74) is 0.654. The molecule has 0 saturated carbocycles. The van der Waals surface area contributed by atoms with Gasteiger partial charge in [-0.3, -0.25) is 19.2 Å². The summed E-state index contributed by atoms with van der Waals surface area (Å²) < 4.78 is 4.72. The molecule has 2 N–H and O–H groups in total. The number of benzene rings is 2. The SMILES string of the molecule is COC(=O)CCCCN1C(=O)[C@](O)([C@H](C)/C=C/CC(=O)N(CCO)Cc2ccccc2)c2cc(N3CCCCC3=O)ccc21. The van der Waals surface area contributed by atoms with Crippen molar-refractivity contribution in [3.8, 4) is 0 Å². The number of nitrogens with zero attached hydrogens (tertiary/aromatic N) is 3. The molecule has 0 radical (unpaired) electrons. The Bertz CT molecular complexity index is 1360. The molecular formula is C34H43N3O7. The minimum absolute atomic E-state index is 0.0122. The molecule has 2 atom stereocenters. The molecule has 2 aromatic rings. The Morgan fingerprint density at radius 2 is 1.89 bits per heavy atom. The van der Waals surface area contributed by atoms with Gasteiger partial charge in [0.1, 0.15) is 0 Å². The van der Waals surface area contributed by atoms with Gasteiger partial charge in [0.25, 0.3) is 5.91 Å². The number of hydrogen-bond acceptors (Lipinski definition) is 7. The summed E-state index contributed by atoms with van der Waals surface area (Å²) >= 11 is 0. The summed E-state index contributed by atoms with van der Waals surface area (Å²) in [5, 5.41) is 21.6. The van der Waals surface area contributed by atoms with E-state index in [0.29, 0.717) is 55.8 Å². The van der Waals surface area contributed by atoms with Crippen molar-refractivity contribution < 1.29 is 34.1 Å². The van der Waals surface area contributed by atoms with Crippen LogP contribution < -0.4 is 9.80 Å². The van der Waals surface area contributed by atoms with Crippen molar-refractivity contribution in [2.45, 2.75) is 64.0 Å². The molecule has 1 fully saturated rings. The number of unbranched alkanes of at least 4 members (excludes halogenated alkanes) is 1. The van der Waals surface area contributed by atoms with E-state index in [1.165, 1.54) is 7.11 Å². The van der Waals surface area contributed by atoms with Crippen molar-refractivity contribution in [1.82, 2.24) is 4.90 Å². The highest BCUT2D eigenvalue weighted by Crippen LogP contribution is 2.47. The van der Waals surface area contributed by atoms with E-state index in [-0.39, 0.29) is 43.8 Å². The van der Waals surface area contributed by atoms with E-state index in [2.05, 4.69) is 0 Å². The highest BCUT2D eigenvalue weighted by molar-refractivity contribution is 6.08. The van der Waals surface area contributed by atoms with Crippen LogP contribution in [0.25, 0.3) is 0 Å². The second kappa shape index (κ2) is 15.1. The quantitative estimate of drug-likeness (QED) is 0.191. The van der Waals surface area contributed by atoms with Crippen LogP contribution in [0, 0.1) is 5.92 Å². The number of hydrogen-bond donors (Lipinski definition) is 2. The Morgan fingerprint density at radius 1 is 1.11 bits per heavy atom. The molecule has 0 unspecified atom stereocenters. The van der Waals surface area contributed by atoms with Crippen molar-refractivity contribution in [3.63, 3.8) is 0 Å². The molecule has 44 heavy (non-hydrogen) atoms. The molecule has 1 saturated heterocycles. The molecule has 2 aromatic carbocycles. The number of rotatable bonds is 14. The van der Waals surface area contributed by atoms with Crippen LogP contribution in [0.15, 0.2) is 60.7 Å². The van der Waals surface area contributed by atoms with Crippen LogP contribution in [-0.4, -0.2) is 72.2 Å². The zero-order valence-corrected chi connectivity index (χ0v) is 25.6. The van der Waals surface area contributed by atoms with E-state index in [1.54, 1.807) is 45.9 Å². The van der Waals surface area contributed by atoms with E-state index in [0.717, 1.165) is 18.4 Å². The molecule has 0 aliphatic carbocycles. The first-order valence-corrected chi connectivity index (χ1v) is 15.4. The number of fused-ring (bicyclic) bond motifs is 1. The molecule has 0 aromatic heterocycles. The highest BCUT2D eigenvalue weighted by atomic mass is 16.5. The van der Waals surface area contributed by atoms with E-state index < -0.39 is 17.4 Å². The predicted molar refractivity (Wildman–Crippen MR) is 167 cm³/mol. The van der Waals surface area contributed by atoms with Gasteiger partial charge in [0.15, 0.2) is 5.60 Å². The third-order valence-corrected chi connectivity index (χ3v) is 8.44. The Labute approximate surface area is 258 Å². The molecule has 0 bridgehead atoms. The van der Waals surface area contributed by atoms with Crippen LogP contribution in [0.3, 0.4) is 0 Å². The number of amides is 3. The molecular weight excluding hydrogens is 562 g/mol. The van der Waals surface area contributed by atoms with Gasteiger partial charge in [0, 0.05) is 62.6 Å². The number of esters is 1. The first kappa shape index (κ1) is 32.9. The number of ether oxygens (including phenoxy) is 1. The van der Waals surface area contributed by atoms with E-state index in [4.69, 9.17) is 4.74 Å². The van der Waals surface area contributed by atoms with Gasteiger partial charge in [-0.05, 0) is 49.4 Å². The monoisotopic (exact) mass is 605 g/mol. The Morgan fingerprint density at radius 3 is 2.59 bits per heavy atom. The summed E-state index contributed by atoms with van der Waals surface area (Å²) in [4.78, 5) is 56.1. The average molecular weight is 606 g/mol. The van der Waals surface area contributed by atoms with Crippen molar-refractivity contribution in [2.24, 2.45) is 5.92 Å². The minimum Gasteiger partial charge on any atom is -0.469 e. The van der Waals surface area contributed by atoms with Crippen LogP contribution in [0.2, 0.25) is 0 Å². The normalized spacial score (nSPS) is 18.9. The topological polar surface area (TPSA) is 128 Å². The maximum Gasteiger partial charge on any atom is 0.305 e. The van der Waals surface area contributed by atoms with Crippen molar-refractivity contribution >= 4 is 35.1 Å². The maximum atomic E-state index is 13.9. The third-order valence-electron chi connectivity index (χ3n) is 8.44. The van der Waals surface area contributed by atoms with Gasteiger partial charge in [-0.2, -0.15) is 0 Å². The van der Waals surface area contributed by atoms with Gasteiger partial charge >= 0.3 is 5.97 Å². The van der Waals surface area contributed by atoms with Gasteiger partial charge in [0.2, 0.25) is 11.8 Å². The van der Waals surface area contributed by atoms with E-state index in [9.17, 15) is 29.4 Å². The van der Waals surface area contributed by atoms with Crippen LogP contribution in [0.5, 0.6) is 0 Å². The lowest BCUT2D eigenvalue weighted by atomic mass is 9.82. The van der Waals surface area contributed by atoms with Gasteiger partial charge in [0.05, 0.1) is 19.4 Å². The van der Waals surface area contributed by atoms with Gasteiger partial charge in [-0.15, -0.1) is 0 Å². The fraction of sp³-hybridized carbons (Fsp3) is 0.471. The van der Waals surface area contributed by atoms with Crippen molar-refractivity contribution in [3.05, 3.63) is 71.8 Å². The lowest BCUT2D eigenvalue weighted by Crippen LogP contribution is -2.44. The summed E-state index contributed by atoms with van der Waals surface area (Å²) in [6.45, 7) is 3.00. The summed E-state index contributed by atoms with van der Waals surface area (Å²) in [6, 6.07) is 14.8. The van der Waals surface area contributed by atoms with Crippen molar-refractivity contribution in [1.29, 1.82) is 0 Å². The second-order valence-electron chi connectivity index (χ2n) is 11.4. The number of aliphatic hydroxyl groups excluding tert-OH is 1. The van der Waals surface area contributed by atoms with Gasteiger partial charge in [-0.25, -0.2) is 0 Å². The molecule has 3 amide bonds. The zero-order chi connectivity index (χ0) is 31.7. The molecule has 236 valence electrons. The Kier molecular flexibility index (Phi) is 11.3. The number of anilines is 2. The predicted octanol–water partition coefficient (Wildman–Crippen LogP) is 3.68. The first-order valence-electron chi connectivity index (χ1n) is 15.4. The zero-order valence-electron chi connectivity index (χ0n) is 25.6. The average Bonchev–Trinajstić information content (AvgIpc) is 3.25. The van der Waals surface area contributed by atoms with Crippen LogP contribution in [-0.2, 0) is 36.1 Å². The summed E-state index contributed by atoms with van der Waals surface area (Å²) in [7, 11) is 1.34. The molecule has 2 aliphatic rings. The number of carbonyl (C=O) groups excluding carboxylic acids is 4. The molecule has 2 aliphatic heterocycles. The van der Waals surface area contributed by atoms with E-state index in [1.807, 2.05) is 36.4 Å². The lowest BCUT2D eigenvalue weighted by molar-refractivity contribution is -0.140. The highest BCUT2D eigenvalue weighted by Gasteiger charge is 2.52. The Hall–Kier alpha value is -4.02. The molecule has 2 heterocycles. The largest absolute Gasteiger partial charge is 0.469 e. The van der Waals surface area contributed by atoms with Crippen LogP contribution in [0.1, 0.15) is 63.0 Å². The molecule has 10 heteroatoms. The van der Waals surface area contributed by atoms with E-state index >= 15 is 0 Å². The number of aliphatic hydroxyl groups is 2. The van der Waals surface area contributed by atoms with Gasteiger partial charge in [-0.1, -0.05) is 49.4 Å². The van der Waals surface area contributed by atoms with Crippen LogP contribution >= 0.6 is 0 Å². The fourth-order valence-electron chi connectivity index (χ4n) is 5.90. The summed E-state index contributed by atoms with van der Waals surface area (Å²) in [5.74, 6) is -1.68. The molecule has 4 rings (SSSR count). The third kappa shape index (κ3) is 7.36. The maximum absolute atomic E-state index is 13.9. The first-order chi connectivity index (χ1) is 21.2. The Balaban J connectivity index is 1.55. The molecule has 10 nitrogen and oxygen atoms in total. The molecule has 0 spiro atoms. The number of carbonyl (C=O) groups is 4. The standard InChI is InChI=1S/C34H43N3O7/c1-25(11-10-15-30(39)35(21-22-38)24-26-12-4-3-5-13-26)34(43)28-23-27(36-19-8-6-14-31(36)40)17-18-29(28)37(33(34)42)20-9-7-16-32(41)44-2/h3-5,10-13,17-18,23,25,38,43H,6-9,14-16,19-22,24H2,1-2H3/b11-10+/t25-,34+/m1/s1. The van der Waals surface area contributed by atoms with Crippen molar-refractivity contribution in [2.75, 3.05) is 43.2 Å². The smallest absolute Gasteiger partial charge is 0.305 e.